The molecule has 1 aromatic rings. The summed E-state index contributed by atoms with van der Waals surface area (Å²) in [5.41, 5.74) is 1.13. The second-order valence-electron chi connectivity index (χ2n) is 4.95. The highest BCUT2D eigenvalue weighted by Gasteiger charge is 2.27. The quantitative estimate of drug-likeness (QED) is 0.844. The Bertz CT molecular complexity index is 559. The minimum absolute atomic E-state index is 0.0269. The fourth-order valence-corrected chi connectivity index (χ4v) is 4.21. The zero-order valence-corrected chi connectivity index (χ0v) is 12.3. The van der Waals surface area contributed by atoms with Crippen molar-refractivity contribution in [3.05, 3.63) is 35.4 Å². The molecule has 1 aliphatic heterocycles. The fourth-order valence-electron chi connectivity index (χ4n) is 2.36. The molecule has 1 N–H and O–H groups in total. The van der Waals surface area contributed by atoms with E-state index in [0.29, 0.717) is 24.0 Å². The molecule has 0 bridgehead atoms. The van der Waals surface area contributed by atoms with Gasteiger partial charge in [0.1, 0.15) is 0 Å². The first-order valence-corrected chi connectivity index (χ1v) is 8.34. The van der Waals surface area contributed by atoms with Crippen LogP contribution in [0, 0.1) is 0 Å². The number of hydrogen-bond acceptors (Lipinski definition) is 5. The van der Waals surface area contributed by atoms with Gasteiger partial charge in [-0.15, -0.1) is 0 Å². The third kappa shape index (κ3) is 3.58. The summed E-state index contributed by atoms with van der Waals surface area (Å²) in [7, 11) is -1.81. The van der Waals surface area contributed by atoms with E-state index in [1.54, 1.807) is 24.3 Å². The molecule has 1 fully saturated rings. The molecule has 0 aromatic heterocycles. The first-order chi connectivity index (χ1) is 9.53. The van der Waals surface area contributed by atoms with Crippen LogP contribution in [0.4, 0.5) is 0 Å². The van der Waals surface area contributed by atoms with Gasteiger partial charge >= 0.3 is 5.97 Å². The van der Waals surface area contributed by atoms with Crippen LogP contribution >= 0.6 is 0 Å². The van der Waals surface area contributed by atoms with E-state index in [0.717, 1.165) is 13.1 Å². The van der Waals surface area contributed by atoms with Crippen LogP contribution in [0.5, 0.6) is 0 Å². The molecule has 2 rings (SSSR count). The molecule has 0 radical (unpaired) electrons. The van der Waals surface area contributed by atoms with Crippen LogP contribution in [0.3, 0.4) is 0 Å². The van der Waals surface area contributed by atoms with Gasteiger partial charge in [0, 0.05) is 0 Å². The summed E-state index contributed by atoms with van der Waals surface area (Å²) in [6, 6.07) is 6.54. The van der Waals surface area contributed by atoms with Crippen molar-refractivity contribution in [2.24, 2.45) is 0 Å². The second-order valence-corrected chi connectivity index (χ2v) is 7.23. The van der Waals surface area contributed by atoms with Crippen molar-refractivity contribution < 1.29 is 17.9 Å². The number of sulfone groups is 1. The van der Waals surface area contributed by atoms with E-state index in [2.05, 4.69) is 10.1 Å². The van der Waals surface area contributed by atoms with Crippen LogP contribution < -0.4 is 5.32 Å². The molecule has 0 atom stereocenters. The molecule has 110 valence electrons. The van der Waals surface area contributed by atoms with E-state index in [9.17, 15) is 13.2 Å². The van der Waals surface area contributed by atoms with Crippen molar-refractivity contribution in [1.82, 2.24) is 5.32 Å². The number of methoxy groups -OCH3 is 1. The number of hydrogen-bond donors (Lipinski definition) is 1. The molecular weight excluding hydrogens is 278 g/mol. The Morgan fingerprint density at radius 2 is 1.85 bits per heavy atom. The Kier molecular flexibility index (Phi) is 4.77. The molecule has 0 aliphatic carbocycles. The van der Waals surface area contributed by atoms with Crippen molar-refractivity contribution in [3.63, 3.8) is 0 Å². The summed E-state index contributed by atoms with van der Waals surface area (Å²) in [6.45, 7) is 1.51. The lowest BCUT2D eigenvalue weighted by atomic mass is 10.1. The minimum Gasteiger partial charge on any atom is -0.465 e. The Hall–Kier alpha value is -1.40. The Balaban J connectivity index is 2.07. The van der Waals surface area contributed by atoms with Crippen LogP contribution in [-0.4, -0.2) is 39.8 Å². The number of benzene rings is 1. The van der Waals surface area contributed by atoms with Crippen molar-refractivity contribution in [3.8, 4) is 0 Å². The van der Waals surface area contributed by atoms with Gasteiger partial charge in [0.25, 0.3) is 0 Å². The maximum absolute atomic E-state index is 12.3. The monoisotopic (exact) mass is 297 g/mol. The van der Waals surface area contributed by atoms with E-state index < -0.39 is 15.8 Å². The van der Waals surface area contributed by atoms with Gasteiger partial charge in [-0.25, -0.2) is 13.2 Å². The highest BCUT2D eigenvalue weighted by Crippen LogP contribution is 2.19. The molecule has 5 nitrogen and oxygen atoms in total. The lowest BCUT2D eigenvalue weighted by Crippen LogP contribution is -2.36. The molecule has 1 heterocycles. The second kappa shape index (κ2) is 6.37. The topological polar surface area (TPSA) is 72.5 Å². The Morgan fingerprint density at radius 1 is 1.25 bits per heavy atom. The summed E-state index contributed by atoms with van der Waals surface area (Å²) >= 11 is 0. The number of carbonyl (C=O) groups is 1. The van der Waals surface area contributed by atoms with Gasteiger partial charge in [0.2, 0.25) is 0 Å². The normalized spacial score (nSPS) is 16.9. The third-order valence-corrected chi connectivity index (χ3v) is 5.76. The van der Waals surface area contributed by atoms with E-state index in [1.165, 1.54) is 7.11 Å². The summed E-state index contributed by atoms with van der Waals surface area (Å²) in [4.78, 5) is 11.3. The largest absolute Gasteiger partial charge is 0.465 e. The van der Waals surface area contributed by atoms with Gasteiger partial charge in [-0.3, -0.25) is 0 Å². The summed E-state index contributed by atoms with van der Waals surface area (Å²) in [5.74, 6) is -0.392. The van der Waals surface area contributed by atoms with E-state index in [4.69, 9.17) is 0 Å². The Morgan fingerprint density at radius 3 is 2.40 bits per heavy atom. The van der Waals surface area contributed by atoms with Crippen molar-refractivity contribution in [2.45, 2.75) is 23.8 Å². The van der Waals surface area contributed by atoms with Gasteiger partial charge in [0.05, 0.1) is 23.7 Å². The fraction of sp³-hybridized carbons (Fsp3) is 0.500. The number of carbonyl (C=O) groups excluding carboxylic acids is 1. The molecule has 0 saturated carbocycles. The minimum atomic E-state index is -3.13. The van der Waals surface area contributed by atoms with E-state index in [1.807, 2.05) is 0 Å². The average molecular weight is 297 g/mol. The average Bonchev–Trinajstić information content (AvgIpc) is 2.48. The third-order valence-electron chi connectivity index (χ3n) is 3.54. The molecular formula is C14H19NO4S. The maximum Gasteiger partial charge on any atom is 0.337 e. The lowest BCUT2D eigenvalue weighted by molar-refractivity contribution is 0.0600. The highest BCUT2D eigenvalue weighted by atomic mass is 32.2. The van der Waals surface area contributed by atoms with Gasteiger partial charge in [-0.1, -0.05) is 12.1 Å². The standard InChI is InChI=1S/C14H19NO4S/c1-19-14(16)12-4-2-11(3-5-12)10-20(17,18)13-6-8-15-9-7-13/h2-5,13,15H,6-10H2,1H3. The van der Waals surface area contributed by atoms with Crippen LogP contribution in [0.2, 0.25) is 0 Å². The highest BCUT2D eigenvalue weighted by molar-refractivity contribution is 7.91. The van der Waals surface area contributed by atoms with Crippen molar-refractivity contribution in [1.29, 1.82) is 0 Å². The van der Waals surface area contributed by atoms with Gasteiger partial charge in [-0.05, 0) is 43.6 Å². The summed E-state index contributed by atoms with van der Waals surface area (Å²) in [6.07, 6.45) is 1.34. The smallest absolute Gasteiger partial charge is 0.337 e. The zero-order chi connectivity index (χ0) is 14.6. The summed E-state index contributed by atoms with van der Waals surface area (Å²) < 4.78 is 29.2. The Labute approximate surface area is 119 Å². The number of nitrogens with one attached hydrogen (secondary N) is 1. The van der Waals surface area contributed by atoms with Crippen LogP contribution in [-0.2, 0) is 20.3 Å². The van der Waals surface area contributed by atoms with Crippen molar-refractivity contribution in [2.75, 3.05) is 20.2 Å². The molecule has 1 aliphatic rings. The SMILES string of the molecule is COC(=O)c1ccc(CS(=O)(=O)C2CCNCC2)cc1. The zero-order valence-electron chi connectivity index (χ0n) is 11.5. The maximum atomic E-state index is 12.3. The van der Waals surface area contributed by atoms with Crippen LogP contribution in [0.25, 0.3) is 0 Å². The number of piperidine rings is 1. The molecule has 1 aromatic carbocycles. The number of rotatable bonds is 4. The summed E-state index contributed by atoms with van der Waals surface area (Å²) in [5, 5.41) is 2.90. The lowest BCUT2D eigenvalue weighted by Gasteiger charge is -2.22. The first-order valence-electron chi connectivity index (χ1n) is 6.62. The predicted octanol–water partition coefficient (Wildman–Crippen LogP) is 1.14. The van der Waals surface area contributed by atoms with Gasteiger partial charge in [-0.2, -0.15) is 0 Å². The molecule has 0 spiro atoms. The number of ether oxygens (including phenoxy) is 1. The van der Waals surface area contributed by atoms with Gasteiger partial charge in [0.15, 0.2) is 9.84 Å². The molecule has 20 heavy (non-hydrogen) atoms. The molecule has 1 saturated heterocycles. The molecule has 0 amide bonds. The van der Waals surface area contributed by atoms with E-state index in [-0.39, 0.29) is 11.0 Å². The van der Waals surface area contributed by atoms with E-state index >= 15 is 0 Å². The van der Waals surface area contributed by atoms with Crippen LogP contribution in [0.1, 0.15) is 28.8 Å². The van der Waals surface area contributed by atoms with Crippen molar-refractivity contribution >= 4 is 15.8 Å². The first kappa shape index (κ1) is 15.0. The predicted molar refractivity (Wildman–Crippen MR) is 76.3 cm³/mol. The molecule has 0 unspecified atom stereocenters. The van der Waals surface area contributed by atoms with Crippen LogP contribution in [0.15, 0.2) is 24.3 Å². The molecule has 6 heteroatoms. The number of esters is 1. The van der Waals surface area contributed by atoms with Gasteiger partial charge < -0.3 is 10.1 Å².